The predicted molar refractivity (Wildman–Crippen MR) is 104 cm³/mol. The van der Waals surface area contributed by atoms with Crippen LogP contribution in [0.15, 0.2) is 58.8 Å². The first-order valence-corrected chi connectivity index (χ1v) is 10.6. The zero-order valence-electron chi connectivity index (χ0n) is 13.8. The van der Waals surface area contributed by atoms with E-state index < -0.39 is 21.5 Å². The SMILES string of the molecule is Cc1ccc(S(=O)(=O)CC(=O)Nc2nc(-c3ccc(Cl)cc3)cs2)cc1. The van der Waals surface area contributed by atoms with Crippen LogP contribution in [0.5, 0.6) is 0 Å². The highest BCUT2D eigenvalue weighted by molar-refractivity contribution is 7.92. The van der Waals surface area contributed by atoms with Gasteiger partial charge in [-0.15, -0.1) is 11.3 Å². The van der Waals surface area contributed by atoms with Crippen LogP contribution >= 0.6 is 22.9 Å². The second-order valence-corrected chi connectivity index (χ2v) is 8.95. The summed E-state index contributed by atoms with van der Waals surface area (Å²) in [7, 11) is -3.70. The van der Waals surface area contributed by atoms with Gasteiger partial charge in [0.2, 0.25) is 5.91 Å². The Kier molecular flexibility index (Phi) is 5.41. The number of benzene rings is 2. The number of nitrogens with one attached hydrogen (secondary N) is 1. The lowest BCUT2D eigenvalue weighted by atomic mass is 10.2. The van der Waals surface area contributed by atoms with Crippen molar-refractivity contribution in [3.63, 3.8) is 0 Å². The van der Waals surface area contributed by atoms with E-state index in [2.05, 4.69) is 10.3 Å². The van der Waals surface area contributed by atoms with Crippen molar-refractivity contribution < 1.29 is 13.2 Å². The van der Waals surface area contributed by atoms with Gasteiger partial charge in [0.1, 0.15) is 5.75 Å². The lowest BCUT2D eigenvalue weighted by Gasteiger charge is -2.05. The highest BCUT2D eigenvalue weighted by Gasteiger charge is 2.20. The molecule has 0 saturated heterocycles. The number of nitrogens with zero attached hydrogens (tertiary/aromatic N) is 1. The van der Waals surface area contributed by atoms with Crippen molar-refractivity contribution in [1.82, 2.24) is 4.98 Å². The second-order valence-electron chi connectivity index (χ2n) is 5.67. The molecule has 5 nitrogen and oxygen atoms in total. The smallest absolute Gasteiger partial charge is 0.241 e. The molecule has 26 heavy (non-hydrogen) atoms. The molecule has 3 aromatic rings. The van der Waals surface area contributed by atoms with Gasteiger partial charge >= 0.3 is 0 Å². The maximum atomic E-state index is 12.3. The van der Waals surface area contributed by atoms with Gasteiger partial charge in [-0.2, -0.15) is 0 Å². The molecule has 0 radical (unpaired) electrons. The van der Waals surface area contributed by atoms with Crippen LogP contribution < -0.4 is 5.32 Å². The fourth-order valence-electron chi connectivity index (χ4n) is 2.24. The highest BCUT2D eigenvalue weighted by Crippen LogP contribution is 2.26. The summed E-state index contributed by atoms with van der Waals surface area (Å²) in [4.78, 5) is 16.6. The summed E-state index contributed by atoms with van der Waals surface area (Å²) in [6.07, 6.45) is 0. The van der Waals surface area contributed by atoms with Gasteiger partial charge in [0.25, 0.3) is 0 Å². The zero-order chi connectivity index (χ0) is 18.7. The van der Waals surface area contributed by atoms with Gasteiger partial charge in [-0.25, -0.2) is 13.4 Å². The van der Waals surface area contributed by atoms with Crippen molar-refractivity contribution in [3.05, 3.63) is 64.5 Å². The van der Waals surface area contributed by atoms with Gasteiger partial charge in [0.15, 0.2) is 15.0 Å². The summed E-state index contributed by atoms with van der Waals surface area (Å²) < 4.78 is 24.6. The van der Waals surface area contributed by atoms with Crippen LogP contribution in [0.2, 0.25) is 5.02 Å². The summed E-state index contributed by atoms with van der Waals surface area (Å²) in [5.74, 6) is -1.26. The lowest BCUT2D eigenvalue weighted by Crippen LogP contribution is -2.22. The number of aromatic nitrogens is 1. The van der Waals surface area contributed by atoms with Crippen molar-refractivity contribution in [1.29, 1.82) is 0 Å². The molecule has 0 saturated carbocycles. The van der Waals surface area contributed by atoms with E-state index in [4.69, 9.17) is 11.6 Å². The van der Waals surface area contributed by atoms with Crippen LogP contribution in [-0.2, 0) is 14.6 Å². The number of hydrogen-bond acceptors (Lipinski definition) is 5. The number of rotatable bonds is 5. The van der Waals surface area contributed by atoms with Crippen LogP contribution in [-0.4, -0.2) is 25.1 Å². The minimum absolute atomic E-state index is 0.124. The topological polar surface area (TPSA) is 76.1 Å². The Bertz CT molecular complexity index is 1030. The first-order chi connectivity index (χ1) is 12.3. The molecule has 0 bridgehead atoms. The lowest BCUT2D eigenvalue weighted by molar-refractivity contribution is -0.113. The largest absolute Gasteiger partial charge is 0.301 e. The minimum Gasteiger partial charge on any atom is -0.301 e. The Morgan fingerprint density at radius 3 is 2.42 bits per heavy atom. The minimum atomic E-state index is -3.70. The van der Waals surface area contributed by atoms with Crippen LogP contribution in [0.1, 0.15) is 5.56 Å². The van der Waals surface area contributed by atoms with Gasteiger partial charge in [0.05, 0.1) is 10.6 Å². The first kappa shape index (κ1) is 18.6. The molecule has 0 fully saturated rings. The monoisotopic (exact) mass is 406 g/mol. The third-order valence-corrected chi connectivity index (χ3v) is 6.23. The number of amides is 1. The van der Waals surface area contributed by atoms with E-state index in [0.717, 1.165) is 11.1 Å². The molecule has 0 aliphatic heterocycles. The number of halogens is 1. The van der Waals surface area contributed by atoms with Gasteiger partial charge in [-0.3, -0.25) is 4.79 Å². The molecule has 0 unspecified atom stereocenters. The standard InChI is InChI=1S/C18H15ClN2O3S2/c1-12-2-8-15(9-3-12)26(23,24)11-17(22)21-18-20-16(10-25-18)13-4-6-14(19)7-5-13/h2-10H,11H2,1H3,(H,20,21,22). The van der Waals surface area contributed by atoms with Crippen LogP contribution in [0.4, 0.5) is 5.13 Å². The Balaban J connectivity index is 1.68. The molecule has 0 spiro atoms. The molecule has 1 N–H and O–H groups in total. The maximum Gasteiger partial charge on any atom is 0.241 e. The average Bonchev–Trinajstić information content (AvgIpc) is 3.03. The van der Waals surface area contributed by atoms with Gasteiger partial charge < -0.3 is 5.32 Å². The predicted octanol–water partition coefficient (Wildman–Crippen LogP) is 4.18. The number of anilines is 1. The quantitative estimate of drug-likeness (QED) is 0.689. The van der Waals surface area contributed by atoms with Crippen LogP contribution in [0.25, 0.3) is 11.3 Å². The molecule has 3 rings (SSSR count). The third-order valence-electron chi connectivity index (χ3n) is 3.59. The number of carbonyl (C=O) groups is 1. The fourth-order valence-corrected chi connectivity index (χ4v) is 4.24. The Morgan fingerprint density at radius 1 is 1.12 bits per heavy atom. The fraction of sp³-hybridized carbons (Fsp3) is 0.111. The number of thiazole rings is 1. The average molecular weight is 407 g/mol. The molecule has 1 heterocycles. The molecule has 2 aromatic carbocycles. The summed E-state index contributed by atoms with van der Waals surface area (Å²) in [5.41, 5.74) is 2.49. The van der Waals surface area contributed by atoms with E-state index >= 15 is 0 Å². The first-order valence-electron chi connectivity index (χ1n) is 7.64. The van der Waals surface area contributed by atoms with Gasteiger partial charge in [0, 0.05) is 16.0 Å². The van der Waals surface area contributed by atoms with Crippen LogP contribution in [0.3, 0.4) is 0 Å². The molecule has 134 valence electrons. The van der Waals surface area contributed by atoms with E-state index in [1.807, 2.05) is 19.1 Å². The molecule has 1 aromatic heterocycles. The summed E-state index contributed by atoms with van der Waals surface area (Å²) in [5, 5.41) is 5.30. The Hall–Kier alpha value is -2.22. The molecule has 1 amide bonds. The van der Waals surface area contributed by atoms with Crippen molar-refractivity contribution in [2.75, 3.05) is 11.1 Å². The van der Waals surface area contributed by atoms with Crippen molar-refractivity contribution in [3.8, 4) is 11.3 Å². The number of hydrogen-bond donors (Lipinski definition) is 1. The third kappa shape index (κ3) is 4.49. The molecule has 0 aliphatic rings. The van der Waals surface area contributed by atoms with Gasteiger partial charge in [-0.1, -0.05) is 41.4 Å². The molecule has 8 heteroatoms. The number of sulfone groups is 1. The number of carbonyl (C=O) groups excluding carboxylic acids is 1. The van der Waals surface area contributed by atoms with E-state index in [1.54, 1.807) is 29.6 Å². The molecule has 0 aliphatic carbocycles. The molecule has 0 atom stereocenters. The van der Waals surface area contributed by atoms with E-state index in [9.17, 15) is 13.2 Å². The summed E-state index contributed by atoms with van der Waals surface area (Å²) in [6.45, 7) is 1.86. The van der Waals surface area contributed by atoms with Crippen LogP contribution in [0, 0.1) is 6.92 Å². The van der Waals surface area contributed by atoms with E-state index in [1.165, 1.54) is 23.5 Å². The normalized spacial score (nSPS) is 11.3. The Labute approximate surface area is 160 Å². The summed E-state index contributed by atoms with van der Waals surface area (Å²) >= 11 is 7.09. The van der Waals surface area contributed by atoms with E-state index in [-0.39, 0.29) is 4.90 Å². The highest BCUT2D eigenvalue weighted by atomic mass is 35.5. The second kappa shape index (κ2) is 7.57. The molecular formula is C18H15ClN2O3S2. The van der Waals surface area contributed by atoms with E-state index in [0.29, 0.717) is 15.8 Å². The molecular weight excluding hydrogens is 392 g/mol. The zero-order valence-corrected chi connectivity index (χ0v) is 16.2. The summed E-state index contributed by atoms with van der Waals surface area (Å²) in [6, 6.07) is 13.6. The van der Waals surface area contributed by atoms with Crippen molar-refractivity contribution >= 4 is 43.8 Å². The van der Waals surface area contributed by atoms with Crippen molar-refractivity contribution in [2.45, 2.75) is 11.8 Å². The van der Waals surface area contributed by atoms with Gasteiger partial charge in [-0.05, 0) is 31.2 Å². The Morgan fingerprint density at radius 2 is 1.77 bits per heavy atom. The maximum absolute atomic E-state index is 12.3. The van der Waals surface area contributed by atoms with Crippen molar-refractivity contribution in [2.24, 2.45) is 0 Å². The number of aryl methyl sites for hydroxylation is 1.